The molecule has 0 aromatic carbocycles. The average Bonchev–Trinajstić information content (AvgIpc) is 2.25. The number of nitrogens with one attached hydrogen (secondary N) is 1. The van der Waals surface area contributed by atoms with Gasteiger partial charge in [0.1, 0.15) is 0 Å². The monoisotopic (exact) mass is 290 g/mol. The van der Waals surface area contributed by atoms with Crippen LogP contribution in [0.15, 0.2) is 0 Å². The molecule has 1 aliphatic rings. The Hall–Kier alpha value is -0.280. The summed E-state index contributed by atoms with van der Waals surface area (Å²) in [4.78, 5) is 12.2. The van der Waals surface area contributed by atoms with Gasteiger partial charge >= 0.3 is 0 Å². The molecule has 0 unspecified atom stereocenters. The van der Waals surface area contributed by atoms with Crippen molar-refractivity contribution in [2.75, 3.05) is 6.54 Å². The summed E-state index contributed by atoms with van der Waals surface area (Å²) in [7, 11) is 0. The summed E-state index contributed by atoms with van der Waals surface area (Å²) in [5.74, 6) is 0.706. The van der Waals surface area contributed by atoms with Crippen molar-refractivity contribution in [3.8, 4) is 0 Å². The first-order valence-corrected chi connectivity index (χ1v) is 7.32. The largest absolute Gasteiger partial charge is 0.354 e. The summed E-state index contributed by atoms with van der Waals surface area (Å²) in [6, 6.07) is 0. The minimum atomic E-state index is -0.605. The van der Waals surface area contributed by atoms with Crippen molar-refractivity contribution in [1.29, 1.82) is 0 Å². The van der Waals surface area contributed by atoms with Gasteiger partial charge in [-0.25, -0.2) is 0 Å². The van der Waals surface area contributed by atoms with E-state index in [0.717, 1.165) is 38.6 Å². The molecule has 0 aromatic heterocycles. The average molecular weight is 291 g/mol. The van der Waals surface area contributed by atoms with Crippen molar-refractivity contribution in [2.24, 2.45) is 17.1 Å². The molecule has 0 heterocycles. The van der Waals surface area contributed by atoms with E-state index in [0.29, 0.717) is 5.92 Å². The Bertz CT molecular complexity index is 284. The van der Waals surface area contributed by atoms with Crippen LogP contribution >= 0.6 is 12.4 Å². The lowest BCUT2D eigenvalue weighted by Crippen LogP contribution is -2.56. The molecule has 0 bridgehead atoms. The summed E-state index contributed by atoms with van der Waals surface area (Å²) in [6.07, 6.45) is 6.17. The summed E-state index contributed by atoms with van der Waals surface area (Å²) >= 11 is 0. The molecule has 1 aliphatic carbocycles. The van der Waals surface area contributed by atoms with Crippen LogP contribution in [-0.4, -0.2) is 18.0 Å². The van der Waals surface area contributed by atoms with Crippen LogP contribution in [0.25, 0.3) is 0 Å². The fourth-order valence-corrected chi connectivity index (χ4v) is 3.08. The predicted molar refractivity (Wildman–Crippen MR) is 83.5 cm³/mol. The molecule has 3 nitrogen and oxygen atoms in total. The minimum absolute atomic E-state index is 0. The fraction of sp³-hybridized carbons (Fsp3) is 0.933. The second kappa shape index (κ2) is 7.49. The van der Waals surface area contributed by atoms with Gasteiger partial charge in [-0.1, -0.05) is 47.0 Å². The third-order valence-electron chi connectivity index (χ3n) is 3.89. The number of carbonyl (C=O) groups excluding carboxylic acids is 1. The van der Waals surface area contributed by atoms with Gasteiger partial charge in [0.25, 0.3) is 0 Å². The van der Waals surface area contributed by atoms with Crippen molar-refractivity contribution >= 4 is 18.3 Å². The van der Waals surface area contributed by atoms with Gasteiger partial charge in [0.05, 0.1) is 5.54 Å². The first-order chi connectivity index (χ1) is 8.25. The van der Waals surface area contributed by atoms with E-state index in [2.05, 4.69) is 33.0 Å². The Morgan fingerprint density at radius 2 is 1.79 bits per heavy atom. The molecule has 1 fully saturated rings. The van der Waals surface area contributed by atoms with Crippen LogP contribution in [0.5, 0.6) is 0 Å². The quantitative estimate of drug-likeness (QED) is 0.816. The Labute approximate surface area is 124 Å². The second-order valence-electron chi connectivity index (χ2n) is 7.16. The Morgan fingerprint density at radius 3 is 2.26 bits per heavy atom. The van der Waals surface area contributed by atoms with Gasteiger partial charge in [0, 0.05) is 6.54 Å². The first-order valence-electron chi connectivity index (χ1n) is 7.32. The standard InChI is InChI=1S/C15H30N2O.ClH/c1-12(2)10-14(3,4)11-17-13(18)15(16)8-6-5-7-9-15;/h12H,5-11,16H2,1-4H3,(H,17,18);1H. The normalized spacial score (nSPS) is 18.8. The Morgan fingerprint density at radius 1 is 1.26 bits per heavy atom. The topological polar surface area (TPSA) is 55.1 Å². The van der Waals surface area contributed by atoms with Gasteiger partial charge < -0.3 is 11.1 Å². The van der Waals surface area contributed by atoms with Crippen LogP contribution in [0.4, 0.5) is 0 Å². The summed E-state index contributed by atoms with van der Waals surface area (Å²) < 4.78 is 0. The highest BCUT2D eigenvalue weighted by atomic mass is 35.5. The van der Waals surface area contributed by atoms with Crippen molar-refractivity contribution in [3.63, 3.8) is 0 Å². The molecule has 0 aromatic rings. The highest BCUT2D eigenvalue weighted by Crippen LogP contribution is 2.27. The molecule has 1 amide bonds. The maximum atomic E-state index is 12.2. The maximum absolute atomic E-state index is 12.2. The van der Waals surface area contributed by atoms with E-state index >= 15 is 0 Å². The zero-order valence-electron chi connectivity index (χ0n) is 12.9. The summed E-state index contributed by atoms with van der Waals surface area (Å²) in [5.41, 5.74) is 5.76. The Kier molecular flexibility index (Phi) is 7.38. The zero-order valence-corrected chi connectivity index (χ0v) is 13.7. The maximum Gasteiger partial charge on any atom is 0.240 e. The number of nitrogens with two attached hydrogens (primary N) is 1. The molecule has 1 saturated carbocycles. The number of rotatable bonds is 5. The van der Waals surface area contributed by atoms with Crippen LogP contribution in [0.2, 0.25) is 0 Å². The first kappa shape index (κ1) is 18.7. The molecule has 19 heavy (non-hydrogen) atoms. The van der Waals surface area contributed by atoms with Gasteiger partial charge in [-0.3, -0.25) is 4.79 Å². The molecular formula is C15H31ClN2O. The number of amides is 1. The van der Waals surface area contributed by atoms with E-state index in [1.54, 1.807) is 0 Å². The van der Waals surface area contributed by atoms with Crippen LogP contribution in [0.1, 0.15) is 66.2 Å². The molecule has 0 saturated heterocycles. The van der Waals surface area contributed by atoms with Gasteiger partial charge in [-0.2, -0.15) is 0 Å². The molecule has 0 aliphatic heterocycles. The Balaban J connectivity index is 0.00000324. The lowest BCUT2D eigenvalue weighted by molar-refractivity contribution is -0.128. The molecule has 4 heteroatoms. The van der Waals surface area contributed by atoms with Gasteiger partial charge in [0.15, 0.2) is 0 Å². The van der Waals surface area contributed by atoms with E-state index < -0.39 is 5.54 Å². The number of hydrogen-bond donors (Lipinski definition) is 2. The predicted octanol–water partition coefficient (Wildman–Crippen LogP) is 3.26. The van der Waals surface area contributed by atoms with Crippen molar-refractivity contribution in [2.45, 2.75) is 71.8 Å². The molecule has 3 N–H and O–H groups in total. The van der Waals surface area contributed by atoms with Crippen molar-refractivity contribution in [1.82, 2.24) is 5.32 Å². The SMILES string of the molecule is CC(C)CC(C)(C)CNC(=O)C1(N)CCCCC1.Cl. The molecule has 1 rings (SSSR count). The molecular weight excluding hydrogens is 260 g/mol. The number of carbonyl (C=O) groups is 1. The number of halogens is 1. The molecule has 114 valence electrons. The highest BCUT2D eigenvalue weighted by molar-refractivity contribution is 5.86. The second-order valence-corrected chi connectivity index (χ2v) is 7.16. The highest BCUT2D eigenvalue weighted by Gasteiger charge is 2.35. The third kappa shape index (κ3) is 6.13. The molecule has 0 spiro atoms. The minimum Gasteiger partial charge on any atom is -0.354 e. The van der Waals surface area contributed by atoms with E-state index in [4.69, 9.17) is 5.73 Å². The van der Waals surface area contributed by atoms with Crippen molar-refractivity contribution < 1.29 is 4.79 Å². The molecule has 0 radical (unpaired) electrons. The van der Waals surface area contributed by atoms with Crippen LogP contribution in [0.3, 0.4) is 0 Å². The lowest BCUT2D eigenvalue weighted by atomic mass is 9.80. The van der Waals surface area contributed by atoms with E-state index in [9.17, 15) is 4.79 Å². The van der Waals surface area contributed by atoms with Crippen LogP contribution < -0.4 is 11.1 Å². The fourth-order valence-electron chi connectivity index (χ4n) is 3.08. The van der Waals surface area contributed by atoms with Gasteiger partial charge in [-0.05, 0) is 30.6 Å². The number of hydrogen-bond acceptors (Lipinski definition) is 2. The van der Waals surface area contributed by atoms with Gasteiger partial charge in [-0.15, -0.1) is 12.4 Å². The lowest BCUT2D eigenvalue weighted by Gasteiger charge is -2.34. The van der Waals surface area contributed by atoms with E-state index in [-0.39, 0.29) is 23.7 Å². The third-order valence-corrected chi connectivity index (χ3v) is 3.89. The van der Waals surface area contributed by atoms with Gasteiger partial charge in [0.2, 0.25) is 5.91 Å². The van der Waals surface area contributed by atoms with Crippen molar-refractivity contribution in [3.05, 3.63) is 0 Å². The summed E-state index contributed by atoms with van der Waals surface area (Å²) in [6.45, 7) is 9.57. The molecule has 0 atom stereocenters. The smallest absolute Gasteiger partial charge is 0.240 e. The van der Waals surface area contributed by atoms with E-state index in [1.165, 1.54) is 6.42 Å². The van der Waals surface area contributed by atoms with E-state index in [1.807, 2.05) is 0 Å². The van der Waals surface area contributed by atoms with Crippen LogP contribution in [0, 0.1) is 11.3 Å². The van der Waals surface area contributed by atoms with Crippen LogP contribution in [-0.2, 0) is 4.79 Å². The zero-order chi connectivity index (χ0) is 13.8. The summed E-state index contributed by atoms with van der Waals surface area (Å²) in [5, 5.41) is 3.07.